The van der Waals surface area contributed by atoms with Crippen LogP contribution < -0.4 is 5.43 Å². The molecule has 0 saturated carbocycles. The Labute approximate surface area is 125 Å². The van der Waals surface area contributed by atoms with Crippen LogP contribution in [0.15, 0.2) is 36.8 Å². The number of hydrogen-bond acceptors (Lipinski definition) is 5. The van der Waals surface area contributed by atoms with Crippen LogP contribution in [0.2, 0.25) is 0 Å². The van der Waals surface area contributed by atoms with Gasteiger partial charge in [-0.15, -0.1) is 17.0 Å². The van der Waals surface area contributed by atoms with E-state index in [4.69, 9.17) is 10.2 Å². The predicted molar refractivity (Wildman–Crippen MR) is 75.4 cm³/mol. The third-order valence-corrected chi connectivity index (χ3v) is 2.44. The number of carboxylic acid groups (broad SMARTS) is 2. The minimum absolute atomic E-state index is 0. The van der Waals surface area contributed by atoms with Crippen LogP contribution in [0.1, 0.15) is 26.4 Å². The summed E-state index contributed by atoms with van der Waals surface area (Å²) in [6.07, 6.45) is 8.46. The van der Waals surface area contributed by atoms with E-state index in [1.165, 1.54) is 12.3 Å². The number of halogens is 1. The van der Waals surface area contributed by atoms with Gasteiger partial charge in [-0.2, -0.15) is 0 Å². The van der Waals surface area contributed by atoms with E-state index in [1.807, 2.05) is 12.2 Å². The van der Waals surface area contributed by atoms with Gasteiger partial charge >= 0.3 is 11.9 Å². The van der Waals surface area contributed by atoms with Crippen LogP contribution in [-0.4, -0.2) is 32.1 Å². The first-order valence-electron chi connectivity index (χ1n) is 5.39. The highest BCUT2D eigenvalue weighted by molar-refractivity contribution is 8.93. The van der Waals surface area contributed by atoms with Crippen LogP contribution in [0.3, 0.4) is 0 Å². The molecular formula is C12H12BrN3O4. The van der Waals surface area contributed by atoms with Crippen molar-refractivity contribution in [3.8, 4) is 0 Å². The van der Waals surface area contributed by atoms with E-state index < -0.39 is 17.6 Å². The summed E-state index contributed by atoms with van der Waals surface area (Å²) < 4.78 is 0. The van der Waals surface area contributed by atoms with Crippen LogP contribution in [0.25, 0.3) is 0 Å². The number of pyridine rings is 1. The number of nitrogens with one attached hydrogen (secondary N) is 1. The molecule has 1 aliphatic rings. The van der Waals surface area contributed by atoms with Crippen LogP contribution in [-0.2, 0) is 6.54 Å². The monoisotopic (exact) mass is 341 g/mol. The molecule has 2 heterocycles. The maximum absolute atomic E-state index is 11.0. The van der Waals surface area contributed by atoms with Crippen molar-refractivity contribution in [1.82, 2.24) is 15.4 Å². The van der Waals surface area contributed by atoms with Gasteiger partial charge in [-0.05, 0) is 23.8 Å². The second-order valence-corrected chi connectivity index (χ2v) is 3.81. The summed E-state index contributed by atoms with van der Waals surface area (Å²) in [5.41, 5.74) is 2.74. The molecule has 0 unspecified atom stereocenters. The molecule has 0 radical (unpaired) electrons. The molecule has 0 aliphatic carbocycles. The van der Waals surface area contributed by atoms with Gasteiger partial charge in [0.1, 0.15) is 0 Å². The molecule has 20 heavy (non-hydrogen) atoms. The second kappa shape index (κ2) is 6.71. The minimum Gasteiger partial charge on any atom is -0.478 e. The molecule has 1 aromatic rings. The van der Waals surface area contributed by atoms with E-state index in [0.717, 1.165) is 0 Å². The average Bonchev–Trinajstić information content (AvgIpc) is 2.39. The highest BCUT2D eigenvalue weighted by atomic mass is 79.9. The third-order valence-electron chi connectivity index (χ3n) is 2.44. The van der Waals surface area contributed by atoms with Crippen molar-refractivity contribution in [2.24, 2.45) is 0 Å². The number of carbonyl (C=O) groups is 2. The smallest absolute Gasteiger partial charge is 0.355 e. The van der Waals surface area contributed by atoms with Crippen molar-refractivity contribution in [3.63, 3.8) is 0 Å². The summed E-state index contributed by atoms with van der Waals surface area (Å²) in [6.45, 7) is 0.369. The van der Waals surface area contributed by atoms with Crippen molar-refractivity contribution in [2.45, 2.75) is 6.54 Å². The topological polar surface area (TPSA) is 103 Å². The number of aromatic carboxylic acids is 2. The van der Waals surface area contributed by atoms with Crippen LogP contribution in [0.5, 0.6) is 0 Å². The van der Waals surface area contributed by atoms with E-state index in [1.54, 1.807) is 17.4 Å². The highest BCUT2D eigenvalue weighted by Gasteiger charge is 2.18. The Hall–Kier alpha value is -2.35. The van der Waals surface area contributed by atoms with Gasteiger partial charge in [0.15, 0.2) is 5.69 Å². The molecule has 0 aromatic carbocycles. The molecule has 0 saturated heterocycles. The van der Waals surface area contributed by atoms with Crippen LogP contribution in [0, 0.1) is 0 Å². The lowest BCUT2D eigenvalue weighted by molar-refractivity contribution is 0.0646. The Morgan fingerprint density at radius 2 is 2.00 bits per heavy atom. The highest BCUT2D eigenvalue weighted by Crippen LogP contribution is 2.12. The maximum Gasteiger partial charge on any atom is 0.355 e. The Bertz CT molecular complexity index is 586. The molecular weight excluding hydrogens is 330 g/mol. The molecule has 3 N–H and O–H groups in total. The normalized spacial score (nSPS) is 12.5. The Morgan fingerprint density at radius 1 is 1.25 bits per heavy atom. The summed E-state index contributed by atoms with van der Waals surface area (Å²) in [5.74, 6) is -2.67. The predicted octanol–water partition coefficient (Wildman–Crippen LogP) is 1.40. The van der Waals surface area contributed by atoms with Crippen molar-refractivity contribution >= 4 is 28.9 Å². The molecule has 2 rings (SSSR count). The summed E-state index contributed by atoms with van der Waals surface area (Å²) in [7, 11) is 0. The van der Waals surface area contributed by atoms with Gasteiger partial charge < -0.3 is 15.6 Å². The van der Waals surface area contributed by atoms with Gasteiger partial charge in [-0.25, -0.2) is 14.6 Å². The molecule has 1 aromatic heterocycles. The van der Waals surface area contributed by atoms with Crippen LogP contribution >= 0.6 is 17.0 Å². The fourth-order valence-corrected chi connectivity index (χ4v) is 1.61. The quantitative estimate of drug-likeness (QED) is 0.760. The maximum atomic E-state index is 11.0. The van der Waals surface area contributed by atoms with Gasteiger partial charge in [-0.3, -0.25) is 5.01 Å². The van der Waals surface area contributed by atoms with Gasteiger partial charge in [0.25, 0.3) is 0 Å². The number of nitrogens with zero attached hydrogens (tertiary/aromatic N) is 2. The largest absolute Gasteiger partial charge is 0.478 e. The van der Waals surface area contributed by atoms with E-state index in [0.29, 0.717) is 12.1 Å². The van der Waals surface area contributed by atoms with Gasteiger partial charge in [0, 0.05) is 18.6 Å². The zero-order valence-electron chi connectivity index (χ0n) is 10.2. The first-order valence-corrected chi connectivity index (χ1v) is 5.39. The summed E-state index contributed by atoms with van der Waals surface area (Å²) >= 11 is 0. The molecule has 0 fully saturated rings. The SMILES string of the molecule is Br.O=C(O)c1cc(CN2C=CC=CN2)cnc1C(=O)O. The summed E-state index contributed by atoms with van der Waals surface area (Å²) in [4.78, 5) is 25.6. The number of aromatic nitrogens is 1. The molecule has 0 bridgehead atoms. The van der Waals surface area contributed by atoms with Crippen molar-refractivity contribution < 1.29 is 19.8 Å². The minimum atomic E-state index is -1.36. The zero-order valence-corrected chi connectivity index (χ0v) is 11.9. The first-order chi connectivity index (χ1) is 9.08. The summed E-state index contributed by atoms with van der Waals surface area (Å²) in [5, 5.41) is 19.6. The van der Waals surface area contributed by atoms with Gasteiger partial charge in [-0.1, -0.05) is 0 Å². The molecule has 0 amide bonds. The molecule has 7 nitrogen and oxygen atoms in total. The zero-order chi connectivity index (χ0) is 13.8. The van der Waals surface area contributed by atoms with Crippen molar-refractivity contribution in [3.05, 3.63) is 53.6 Å². The fourth-order valence-electron chi connectivity index (χ4n) is 1.61. The molecule has 106 valence electrons. The van der Waals surface area contributed by atoms with E-state index >= 15 is 0 Å². The Kier molecular flexibility index (Phi) is 5.27. The van der Waals surface area contributed by atoms with E-state index in [2.05, 4.69) is 10.4 Å². The lowest BCUT2D eigenvalue weighted by atomic mass is 10.1. The number of hydrogen-bond donors (Lipinski definition) is 3. The van der Waals surface area contributed by atoms with Gasteiger partial charge in [0.05, 0.1) is 12.1 Å². The lowest BCUT2D eigenvalue weighted by Crippen LogP contribution is -2.30. The Morgan fingerprint density at radius 3 is 2.55 bits per heavy atom. The molecule has 0 atom stereocenters. The number of carboxylic acids is 2. The first kappa shape index (κ1) is 15.7. The third kappa shape index (κ3) is 3.58. The fraction of sp³-hybridized carbons (Fsp3) is 0.0833. The standard InChI is InChI=1S/C12H11N3O4.BrH/c16-11(17)9-5-8(6-13-10(9)12(18)19)7-15-4-2-1-3-14-15;/h1-6,14H,7H2,(H,16,17)(H,18,19);1H. The van der Waals surface area contributed by atoms with E-state index in [-0.39, 0.29) is 22.5 Å². The van der Waals surface area contributed by atoms with Crippen molar-refractivity contribution in [2.75, 3.05) is 0 Å². The molecule has 1 aliphatic heterocycles. The molecule has 0 spiro atoms. The Balaban J connectivity index is 0.00000200. The average molecular weight is 342 g/mol. The summed E-state index contributed by atoms with van der Waals surface area (Å²) in [6, 6.07) is 1.31. The lowest BCUT2D eigenvalue weighted by Gasteiger charge is -2.22. The van der Waals surface area contributed by atoms with Crippen molar-refractivity contribution in [1.29, 1.82) is 0 Å². The van der Waals surface area contributed by atoms with E-state index in [9.17, 15) is 9.59 Å². The van der Waals surface area contributed by atoms with Crippen LogP contribution in [0.4, 0.5) is 0 Å². The number of rotatable bonds is 4. The number of hydrazine groups is 1. The van der Waals surface area contributed by atoms with Gasteiger partial charge in [0.2, 0.25) is 0 Å². The molecule has 8 heteroatoms. The second-order valence-electron chi connectivity index (χ2n) is 3.81. The number of allylic oxidation sites excluding steroid dienone is 2.